The molecule has 0 aliphatic heterocycles. The van der Waals surface area contributed by atoms with E-state index in [0.717, 1.165) is 17.3 Å². The molecule has 2 nitrogen and oxygen atoms in total. The van der Waals surface area contributed by atoms with Crippen molar-refractivity contribution in [1.29, 1.82) is 0 Å². The smallest absolute Gasteiger partial charge is 0.0529 e. The molecule has 0 amide bonds. The summed E-state index contributed by atoms with van der Waals surface area (Å²) in [5.41, 5.74) is 2.24. The highest BCUT2D eigenvalue weighted by Crippen LogP contribution is 2.27. The van der Waals surface area contributed by atoms with Crippen molar-refractivity contribution in [2.45, 2.75) is 39.2 Å². The van der Waals surface area contributed by atoms with Gasteiger partial charge in [0.1, 0.15) is 0 Å². The maximum Gasteiger partial charge on any atom is 0.0529 e. The van der Waals surface area contributed by atoms with Gasteiger partial charge in [0.25, 0.3) is 0 Å². The van der Waals surface area contributed by atoms with E-state index in [-0.39, 0.29) is 0 Å². The Balaban J connectivity index is 1.94. The Bertz CT molecular complexity index is 292. The highest BCUT2D eigenvalue weighted by atomic mass is 14.9. The van der Waals surface area contributed by atoms with Gasteiger partial charge in [-0.05, 0) is 44.2 Å². The molecule has 1 aromatic rings. The predicted molar refractivity (Wildman–Crippen MR) is 59.4 cm³/mol. The second-order valence-electron chi connectivity index (χ2n) is 4.45. The van der Waals surface area contributed by atoms with Gasteiger partial charge in [0, 0.05) is 11.7 Å². The first-order valence-electron chi connectivity index (χ1n) is 5.43. The van der Waals surface area contributed by atoms with Gasteiger partial charge in [0.05, 0.1) is 11.9 Å². The van der Waals surface area contributed by atoms with E-state index in [1.807, 2.05) is 13.1 Å². The summed E-state index contributed by atoms with van der Waals surface area (Å²) in [5.74, 6) is 0.880. The molecule has 1 heterocycles. The van der Waals surface area contributed by atoms with Gasteiger partial charge in [-0.3, -0.25) is 4.98 Å². The van der Waals surface area contributed by atoms with Gasteiger partial charge in [-0.15, -0.1) is 0 Å². The molecular weight excluding hydrogens is 172 g/mol. The molecule has 1 fully saturated rings. The summed E-state index contributed by atoms with van der Waals surface area (Å²) >= 11 is 0. The zero-order valence-corrected chi connectivity index (χ0v) is 8.96. The second-order valence-corrected chi connectivity index (χ2v) is 4.45. The molecule has 0 bridgehead atoms. The van der Waals surface area contributed by atoms with E-state index in [1.54, 1.807) is 0 Å². The highest BCUT2D eigenvalue weighted by Gasteiger charge is 2.20. The molecule has 1 saturated carbocycles. The summed E-state index contributed by atoms with van der Waals surface area (Å²) in [6.45, 7) is 4.34. The molecule has 14 heavy (non-hydrogen) atoms. The Kier molecular flexibility index (Phi) is 2.71. The van der Waals surface area contributed by atoms with Crippen molar-refractivity contribution < 1.29 is 0 Å². The molecule has 0 unspecified atom stereocenters. The van der Waals surface area contributed by atoms with Crippen molar-refractivity contribution in [3.05, 3.63) is 24.0 Å². The van der Waals surface area contributed by atoms with Crippen molar-refractivity contribution in [3.8, 4) is 0 Å². The molecular formula is C12H18N2. The second kappa shape index (κ2) is 3.99. The van der Waals surface area contributed by atoms with Crippen LogP contribution in [-0.2, 0) is 0 Å². The van der Waals surface area contributed by atoms with Crippen molar-refractivity contribution in [2.75, 3.05) is 5.32 Å². The summed E-state index contributed by atoms with van der Waals surface area (Å²) in [4.78, 5) is 4.28. The van der Waals surface area contributed by atoms with E-state index in [4.69, 9.17) is 0 Å². The first kappa shape index (κ1) is 9.50. The largest absolute Gasteiger partial charge is 0.381 e. The monoisotopic (exact) mass is 190 g/mol. The quantitative estimate of drug-likeness (QED) is 0.775. The summed E-state index contributed by atoms with van der Waals surface area (Å²) in [6.07, 6.45) is 5.89. The molecule has 1 aliphatic rings. The number of nitrogens with one attached hydrogen (secondary N) is 1. The molecule has 2 atom stereocenters. The lowest BCUT2D eigenvalue weighted by Crippen LogP contribution is -2.15. The van der Waals surface area contributed by atoms with Crippen LogP contribution in [0.4, 0.5) is 5.69 Å². The first-order chi connectivity index (χ1) is 6.74. The van der Waals surface area contributed by atoms with Gasteiger partial charge in [0.15, 0.2) is 0 Å². The maximum absolute atomic E-state index is 4.28. The van der Waals surface area contributed by atoms with Crippen molar-refractivity contribution in [3.63, 3.8) is 0 Å². The lowest BCUT2D eigenvalue weighted by Gasteiger charge is -2.13. The Morgan fingerprint density at radius 2 is 2.21 bits per heavy atom. The molecule has 0 spiro atoms. The van der Waals surface area contributed by atoms with Gasteiger partial charge in [-0.2, -0.15) is 0 Å². The number of nitrogens with zero attached hydrogens (tertiary/aromatic N) is 1. The fourth-order valence-electron chi connectivity index (χ4n) is 2.13. The van der Waals surface area contributed by atoms with E-state index in [2.05, 4.69) is 29.4 Å². The van der Waals surface area contributed by atoms with E-state index in [0.29, 0.717) is 6.04 Å². The topological polar surface area (TPSA) is 24.9 Å². The number of rotatable bonds is 2. The van der Waals surface area contributed by atoms with Crippen LogP contribution >= 0.6 is 0 Å². The molecule has 0 radical (unpaired) electrons. The Morgan fingerprint density at radius 1 is 1.36 bits per heavy atom. The van der Waals surface area contributed by atoms with Crippen LogP contribution in [0.25, 0.3) is 0 Å². The standard InChI is InChI=1S/C12H18N2/c1-9-3-5-11(7-9)14-12-6-4-10(2)13-8-12/h4,6,8-9,11,14H,3,5,7H2,1-2H3/t9-,11-/m1/s1. The van der Waals surface area contributed by atoms with Crippen molar-refractivity contribution in [2.24, 2.45) is 5.92 Å². The number of anilines is 1. The van der Waals surface area contributed by atoms with E-state index in [1.165, 1.54) is 19.3 Å². The molecule has 2 rings (SSSR count). The molecule has 0 aromatic carbocycles. The van der Waals surface area contributed by atoms with Crippen molar-refractivity contribution in [1.82, 2.24) is 4.98 Å². The minimum absolute atomic E-state index is 0.662. The summed E-state index contributed by atoms with van der Waals surface area (Å²) in [5, 5.41) is 3.54. The summed E-state index contributed by atoms with van der Waals surface area (Å²) in [6, 6.07) is 4.83. The zero-order chi connectivity index (χ0) is 9.97. The fourth-order valence-corrected chi connectivity index (χ4v) is 2.13. The SMILES string of the molecule is Cc1ccc(N[C@@H]2CC[C@@H](C)C2)cn1. The minimum atomic E-state index is 0.662. The average molecular weight is 190 g/mol. The van der Waals surface area contributed by atoms with Crippen LogP contribution in [0.5, 0.6) is 0 Å². The van der Waals surface area contributed by atoms with E-state index >= 15 is 0 Å². The van der Waals surface area contributed by atoms with Crippen molar-refractivity contribution >= 4 is 5.69 Å². The molecule has 76 valence electrons. The van der Waals surface area contributed by atoms with Gasteiger partial charge < -0.3 is 5.32 Å². The lowest BCUT2D eigenvalue weighted by atomic mass is 10.1. The average Bonchev–Trinajstić information content (AvgIpc) is 2.56. The minimum Gasteiger partial charge on any atom is -0.381 e. The number of hydrogen-bond acceptors (Lipinski definition) is 2. The highest BCUT2D eigenvalue weighted by molar-refractivity contribution is 5.42. The predicted octanol–water partition coefficient (Wildman–Crippen LogP) is 2.99. The molecule has 2 heteroatoms. The molecule has 1 N–H and O–H groups in total. The van der Waals surface area contributed by atoms with Crippen LogP contribution < -0.4 is 5.32 Å². The van der Waals surface area contributed by atoms with Gasteiger partial charge >= 0.3 is 0 Å². The van der Waals surface area contributed by atoms with Crippen LogP contribution in [0.3, 0.4) is 0 Å². The normalized spacial score (nSPS) is 26.4. The summed E-state index contributed by atoms with van der Waals surface area (Å²) < 4.78 is 0. The Hall–Kier alpha value is -1.05. The number of hydrogen-bond donors (Lipinski definition) is 1. The molecule has 1 aromatic heterocycles. The molecule has 1 aliphatic carbocycles. The third-order valence-electron chi connectivity index (χ3n) is 2.98. The molecule has 0 saturated heterocycles. The Labute approximate surface area is 85.7 Å². The van der Waals surface area contributed by atoms with Crippen LogP contribution in [-0.4, -0.2) is 11.0 Å². The number of aryl methyl sites for hydroxylation is 1. The van der Waals surface area contributed by atoms with Crippen LogP contribution in [0, 0.1) is 12.8 Å². The van der Waals surface area contributed by atoms with Gasteiger partial charge in [-0.25, -0.2) is 0 Å². The van der Waals surface area contributed by atoms with E-state index < -0.39 is 0 Å². The van der Waals surface area contributed by atoms with Crippen LogP contribution in [0.2, 0.25) is 0 Å². The van der Waals surface area contributed by atoms with Crippen LogP contribution in [0.15, 0.2) is 18.3 Å². The van der Waals surface area contributed by atoms with Crippen LogP contribution in [0.1, 0.15) is 31.9 Å². The van der Waals surface area contributed by atoms with Gasteiger partial charge in [-0.1, -0.05) is 6.92 Å². The summed E-state index contributed by atoms with van der Waals surface area (Å²) in [7, 11) is 0. The fraction of sp³-hybridized carbons (Fsp3) is 0.583. The Morgan fingerprint density at radius 3 is 2.79 bits per heavy atom. The number of aromatic nitrogens is 1. The maximum atomic E-state index is 4.28. The van der Waals surface area contributed by atoms with E-state index in [9.17, 15) is 0 Å². The third kappa shape index (κ3) is 2.25. The zero-order valence-electron chi connectivity index (χ0n) is 8.96. The first-order valence-corrected chi connectivity index (χ1v) is 5.43. The lowest BCUT2D eigenvalue weighted by molar-refractivity contribution is 0.602. The third-order valence-corrected chi connectivity index (χ3v) is 2.98. The van der Waals surface area contributed by atoms with Gasteiger partial charge in [0.2, 0.25) is 0 Å². The number of pyridine rings is 1.